The highest BCUT2D eigenvalue weighted by Crippen LogP contribution is 2.32. The molecule has 13 heteroatoms. The number of sulfonamides is 1. The molecule has 0 radical (unpaired) electrons. The number of carbonyl (C=O) groups is 1. The van der Waals surface area contributed by atoms with Gasteiger partial charge in [0.15, 0.2) is 11.5 Å². The molecular formula is C27H24N4O8S. The third-order valence-corrected chi connectivity index (χ3v) is 7.41. The number of benzene rings is 3. The number of furan rings is 1. The Morgan fingerprint density at radius 2 is 1.70 bits per heavy atom. The highest BCUT2D eigenvalue weighted by molar-refractivity contribution is 7.92. The van der Waals surface area contributed by atoms with Crippen LogP contribution in [-0.4, -0.2) is 46.2 Å². The summed E-state index contributed by atoms with van der Waals surface area (Å²) in [5.41, 5.74) is 3.16. The number of nitrogens with one attached hydrogen (secondary N) is 1. The van der Waals surface area contributed by atoms with Gasteiger partial charge in [0, 0.05) is 23.8 Å². The van der Waals surface area contributed by atoms with E-state index in [-0.39, 0.29) is 22.0 Å². The van der Waals surface area contributed by atoms with E-state index in [9.17, 15) is 23.3 Å². The Balaban J connectivity index is 1.49. The molecule has 1 N–H and O–H groups in total. The molecule has 3 aromatic carbocycles. The summed E-state index contributed by atoms with van der Waals surface area (Å²) in [4.78, 5) is 23.0. The molecule has 0 aliphatic carbocycles. The quantitative estimate of drug-likeness (QED) is 0.161. The third-order valence-electron chi connectivity index (χ3n) is 5.64. The van der Waals surface area contributed by atoms with Crippen LogP contribution in [0.3, 0.4) is 0 Å². The molecule has 1 amide bonds. The number of hydrogen-bond acceptors (Lipinski definition) is 9. The second-order valence-electron chi connectivity index (χ2n) is 8.16. The van der Waals surface area contributed by atoms with Gasteiger partial charge < -0.3 is 13.9 Å². The van der Waals surface area contributed by atoms with Gasteiger partial charge >= 0.3 is 0 Å². The van der Waals surface area contributed by atoms with Crippen LogP contribution in [0.1, 0.15) is 5.76 Å². The second-order valence-corrected chi connectivity index (χ2v) is 10.0. The molecule has 0 unspecified atom stereocenters. The van der Waals surface area contributed by atoms with Crippen molar-refractivity contribution in [3.05, 3.63) is 101 Å². The van der Waals surface area contributed by atoms with E-state index < -0.39 is 27.4 Å². The first-order valence-corrected chi connectivity index (χ1v) is 13.1. The van der Waals surface area contributed by atoms with Crippen LogP contribution in [0.25, 0.3) is 11.3 Å². The van der Waals surface area contributed by atoms with Crippen molar-refractivity contribution in [2.24, 2.45) is 5.10 Å². The zero-order valence-corrected chi connectivity index (χ0v) is 22.2. The first-order valence-electron chi connectivity index (χ1n) is 11.7. The van der Waals surface area contributed by atoms with Crippen molar-refractivity contribution in [3.63, 3.8) is 0 Å². The number of methoxy groups -OCH3 is 2. The highest BCUT2D eigenvalue weighted by Gasteiger charge is 2.28. The predicted octanol–water partition coefficient (Wildman–Crippen LogP) is 4.22. The molecule has 0 aliphatic rings. The Kier molecular flexibility index (Phi) is 8.45. The average Bonchev–Trinajstić information content (AvgIpc) is 3.44. The van der Waals surface area contributed by atoms with Gasteiger partial charge in [0.05, 0.1) is 35.9 Å². The van der Waals surface area contributed by atoms with Gasteiger partial charge in [-0.15, -0.1) is 0 Å². The van der Waals surface area contributed by atoms with Gasteiger partial charge in [0.1, 0.15) is 18.1 Å². The first-order chi connectivity index (χ1) is 19.2. The molecule has 4 rings (SSSR count). The SMILES string of the molecule is COc1ccc(S(=O)(=O)N(CC(=O)N/N=C\c2ccc(-c3ccc([N+](=O)[O-])cc3)o2)c2ccccc2)cc1OC. The topological polar surface area (TPSA) is 154 Å². The standard InChI is InChI=1S/C27H24N4O8S/c1-37-25-15-13-23(16-26(25)38-2)40(35,36)30(20-6-4-3-5-7-20)18-27(32)29-28-17-22-12-14-24(39-22)19-8-10-21(11-9-19)31(33)34/h3-17H,18H2,1-2H3,(H,29,32)/b28-17-. The van der Waals surface area contributed by atoms with Gasteiger partial charge in [-0.1, -0.05) is 18.2 Å². The molecule has 206 valence electrons. The van der Waals surface area contributed by atoms with Crippen LogP contribution in [-0.2, 0) is 14.8 Å². The Hall–Kier alpha value is -5.17. The lowest BCUT2D eigenvalue weighted by Crippen LogP contribution is -2.39. The molecule has 4 aromatic rings. The summed E-state index contributed by atoms with van der Waals surface area (Å²) in [5, 5.41) is 14.7. The summed E-state index contributed by atoms with van der Waals surface area (Å²) in [5.74, 6) is 0.614. The normalized spacial score (nSPS) is 11.2. The minimum absolute atomic E-state index is 0.0440. The van der Waals surface area contributed by atoms with E-state index in [1.165, 1.54) is 50.8 Å². The number of hydrogen-bond donors (Lipinski definition) is 1. The van der Waals surface area contributed by atoms with E-state index in [0.29, 0.717) is 22.8 Å². The maximum absolute atomic E-state index is 13.6. The lowest BCUT2D eigenvalue weighted by Gasteiger charge is -2.24. The molecule has 0 saturated carbocycles. The Morgan fingerprint density at radius 3 is 2.35 bits per heavy atom. The van der Waals surface area contributed by atoms with Crippen LogP contribution < -0.4 is 19.2 Å². The molecule has 1 aromatic heterocycles. The van der Waals surface area contributed by atoms with Crippen LogP contribution in [0.15, 0.2) is 99.3 Å². The van der Waals surface area contributed by atoms with Gasteiger partial charge in [0.2, 0.25) is 0 Å². The molecule has 40 heavy (non-hydrogen) atoms. The van der Waals surface area contributed by atoms with E-state index in [4.69, 9.17) is 13.9 Å². The maximum atomic E-state index is 13.6. The first kappa shape index (κ1) is 27.9. The minimum Gasteiger partial charge on any atom is -0.493 e. The molecule has 12 nitrogen and oxygen atoms in total. The summed E-state index contributed by atoms with van der Waals surface area (Å²) in [6.07, 6.45) is 1.25. The molecule has 1 heterocycles. The fraction of sp³-hybridized carbons (Fsp3) is 0.111. The molecule has 0 fully saturated rings. The zero-order chi connectivity index (χ0) is 28.7. The predicted molar refractivity (Wildman–Crippen MR) is 147 cm³/mol. The number of hydrazone groups is 1. The number of ether oxygens (including phenoxy) is 2. The average molecular weight is 565 g/mol. The number of amides is 1. The van der Waals surface area contributed by atoms with Crippen LogP contribution in [0.5, 0.6) is 11.5 Å². The number of rotatable bonds is 11. The summed E-state index contributed by atoms with van der Waals surface area (Å²) >= 11 is 0. The lowest BCUT2D eigenvalue weighted by atomic mass is 10.1. The number of anilines is 1. The highest BCUT2D eigenvalue weighted by atomic mass is 32.2. The molecule has 0 bridgehead atoms. The summed E-state index contributed by atoms with van der Waals surface area (Å²) in [6, 6.07) is 21.4. The van der Waals surface area contributed by atoms with E-state index in [1.807, 2.05) is 0 Å². The van der Waals surface area contributed by atoms with Gasteiger partial charge in [-0.25, -0.2) is 13.8 Å². The van der Waals surface area contributed by atoms with Gasteiger partial charge in [0.25, 0.3) is 21.6 Å². The largest absolute Gasteiger partial charge is 0.493 e. The minimum atomic E-state index is -4.20. The fourth-order valence-corrected chi connectivity index (χ4v) is 5.11. The summed E-state index contributed by atoms with van der Waals surface area (Å²) < 4.78 is 44.2. The van der Waals surface area contributed by atoms with Gasteiger partial charge in [-0.3, -0.25) is 19.2 Å². The van der Waals surface area contributed by atoms with Crippen molar-refractivity contribution in [2.45, 2.75) is 4.90 Å². The van der Waals surface area contributed by atoms with Crippen molar-refractivity contribution in [1.82, 2.24) is 5.43 Å². The number of carbonyl (C=O) groups excluding carboxylic acids is 1. The number of nitrogens with zero attached hydrogens (tertiary/aromatic N) is 3. The third kappa shape index (κ3) is 6.27. The fourth-order valence-electron chi connectivity index (χ4n) is 3.67. The van der Waals surface area contributed by atoms with Crippen LogP contribution in [0.2, 0.25) is 0 Å². The Labute approximate surface area is 229 Å². The summed E-state index contributed by atoms with van der Waals surface area (Å²) in [6.45, 7) is -0.565. The molecular weight excluding hydrogens is 540 g/mol. The summed E-state index contributed by atoms with van der Waals surface area (Å²) in [7, 11) is -1.37. The number of nitro benzene ring substituents is 1. The van der Waals surface area contributed by atoms with Crippen molar-refractivity contribution in [3.8, 4) is 22.8 Å². The smallest absolute Gasteiger partial charge is 0.269 e. The van der Waals surface area contributed by atoms with Gasteiger partial charge in [-0.05, 0) is 48.5 Å². The number of non-ortho nitro benzene ring substituents is 1. The van der Waals surface area contributed by atoms with Crippen LogP contribution in [0.4, 0.5) is 11.4 Å². The van der Waals surface area contributed by atoms with Crippen LogP contribution >= 0.6 is 0 Å². The number of para-hydroxylation sites is 1. The van der Waals surface area contributed by atoms with Crippen molar-refractivity contribution in [1.29, 1.82) is 0 Å². The molecule has 0 atom stereocenters. The number of nitro groups is 1. The zero-order valence-electron chi connectivity index (χ0n) is 21.4. The Bertz CT molecular complexity index is 1630. The maximum Gasteiger partial charge on any atom is 0.269 e. The van der Waals surface area contributed by atoms with E-state index in [0.717, 1.165) is 4.31 Å². The van der Waals surface area contributed by atoms with Crippen molar-refractivity contribution < 1.29 is 32.0 Å². The molecule has 0 saturated heterocycles. The van der Waals surface area contributed by atoms with E-state index in [2.05, 4.69) is 10.5 Å². The van der Waals surface area contributed by atoms with Crippen molar-refractivity contribution in [2.75, 3.05) is 25.1 Å². The molecule has 0 aliphatic heterocycles. The van der Waals surface area contributed by atoms with Crippen LogP contribution in [0, 0.1) is 10.1 Å². The van der Waals surface area contributed by atoms with E-state index in [1.54, 1.807) is 54.6 Å². The lowest BCUT2D eigenvalue weighted by molar-refractivity contribution is -0.384. The van der Waals surface area contributed by atoms with Crippen molar-refractivity contribution >= 4 is 33.5 Å². The van der Waals surface area contributed by atoms with E-state index >= 15 is 0 Å². The second kappa shape index (κ2) is 12.1. The Morgan fingerprint density at radius 1 is 1.00 bits per heavy atom. The molecule has 0 spiro atoms. The van der Waals surface area contributed by atoms with Gasteiger partial charge in [-0.2, -0.15) is 5.10 Å². The monoisotopic (exact) mass is 564 g/mol.